The molecule has 0 atom stereocenters. The molecule has 0 saturated carbocycles. The number of aryl methyl sites for hydroxylation is 1. The highest BCUT2D eigenvalue weighted by Crippen LogP contribution is 2.09. The van der Waals surface area contributed by atoms with Crippen molar-refractivity contribution in [1.29, 1.82) is 0 Å². The zero-order valence-corrected chi connectivity index (χ0v) is 10.7. The van der Waals surface area contributed by atoms with E-state index in [0.29, 0.717) is 0 Å². The first-order chi connectivity index (χ1) is 8.79. The molecule has 0 spiro atoms. The highest BCUT2D eigenvalue weighted by Gasteiger charge is 2.00. The van der Waals surface area contributed by atoms with Gasteiger partial charge in [0.2, 0.25) is 0 Å². The lowest BCUT2D eigenvalue weighted by Gasteiger charge is -2.09. The Balaban J connectivity index is 1.92. The number of rotatable bonds is 5. The van der Waals surface area contributed by atoms with Gasteiger partial charge in [-0.3, -0.25) is 0 Å². The van der Waals surface area contributed by atoms with Gasteiger partial charge in [0, 0.05) is 13.1 Å². The molecule has 0 aliphatic rings. The fraction of sp³-hybridized carbons (Fsp3) is 0.250. The third-order valence-corrected chi connectivity index (χ3v) is 3.02. The Kier molecular flexibility index (Phi) is 4.51. The van der Waals surface area contributed by atoms with Crippen LogP contribution in [0, 0.1) is 6.92 Å². The Morgan fingerprint density at radius 3 is 2.44 bits per heavy atom. The van der Waals surface area contributed by atoms with E-state index in [-0.39, 0.29) is 6.61 Å². The molecule has 2 aromatic carbocycles. The Labute approximate surface area is 108 Å². The van der Waals surface area contributed by atoms with Crippen LogP contribution < -0.4 is 5.32 Å². The Bertz CT molecular complexity index is 508. The van der Waals surface area contributed by atoms with Crippen LogP contribution in [0.1, 0.15) is 22.3 Å². The molecule has 2 rings (SSSR count). The van der Waals surface area contributed by atoms with Gasteiger partial charge in [-0.05, 0) is 23.6 Å². The third-order valence-electron chi connectivity index (χ3n) is 3.02. The van der Waals surface area contributed by atoms with Crippen LogP contribution in [-0.2, 0) is 19.7 Å². The molecular formula is C16H19NO. The van der Waals surface area contributed by atoms with E-state index in [4.69, 9.17) is 0 Å². The molecule has 0 fully saturated rings. The maximum atomic E-state index is 9.24. The maximum absolute atomic E-state index is 9.24. The van der Waals surface area contributed by atoms with E-state index in [1.165, 1.54) is 11.1 Å². The zero-order chi connectivity index (χ0) is 12.8. The first kappa shape index (κ1) is 12.8. The van der Waals surface area contributed by atoms with Gasteiger partial charge >= 0.3 is 0 Å². The molecule has 0 aliphatic carbocycles. The summed E-state index contributed by atoms with van der Waals surface area (Å²) in [6, 6.07) is 16.5. The molecule has 0 aromatic heterocycles. The Hall–Kier alpha value is -1.64. The molecule has 18 heavy (non-hydrogen) atoms. The minimum absolute atomic E-state index is 0.0995. The summed E-state index contributed by atoms with van der Waals surface area (Å²) in [4.78, 5) is 0. The van der Waals surface area contributed by atoms with Gasteiger partial charge in [0.25, 0.3) is 0 Å². The molecule has 0 unspecified atom stereocenters. The van der Waals surface area contributed by atoms with Gasteiger partial charge in [-0.2, -0.15) is 0 Å². The quantitative estimate of drug-likeness (QED) is 0.843. The lowest BCUT2D eigenvalue weighted by molar-refractivity contribution is 0.280. The summed E-state index contributed by atoms with van der Waals surface area (Å²) in [7, 11) is 0. The van der Waals surface area contributed by atoms with E-state index >= 15 is 0 Å². The normalized spacial score (nSPS) is 10.6. The minimum atomic E-state index is 0.0995. The highest BCUT2D eigenvalue weighted by molar-refractivity contribution is 5.26. The van der Waals surface area contributed by atoms with Crippen LogP contribution in [0.4, 0.5) is 0 Å². The van der Waals surface area contributed by atoms with Gasteiger partial charge in [-0.15, -0.1) is 0 Å². The number of hydrogen-bond donors (Lipinski definition) is 2. The number of aliphatic hydroxyl groups excluding tert-OH is 1. The molecule has 2 aromatic rings. The number of nitrogens with one attached hydrogen (secondary N) is 1. The molecule has 0 aliphatic heterocycles. The smallest absolute Gasteiger partial charge is 0.0685 e. The van der Waals surface area contributed by atoms with Crippen molar-refractivity contribution in [2.75, 3.05) is 0 Å². The number of aliphatic hydroxyl groups is 1. The van der Waals surface area contributed by atoms with Crippen LogP contribution in [0.15, 0.2) is 48.5 Å². The number of hydrogen-bond acceptors (Lipinski definition) is 2. The van der Waals surface area contributed by atoms with Crippen molar-refractivity contribution >= 4 is 0 Å². The van der Waals surface area contributed by atoms with Crippen LogP contribution in [0.2, 0.25) is 0 Å². The van der Waals surface area contributed by atoms with Crippen molar-refractivity contribution in [3.05, 3.63) is 70.8 Å². The number of benzene rings is 2. The minimum Gasteiger partial charge on any atom is -0.392 e. The largest absolute Gasteiger partial charge is 0.392 e. The first-order valence-corrected chi connectivity index (χ1v) is 6.23. The second kappa shape index (κ2) is 6.34. The van der Waals surface area contributed by atoms with Gasteiger partial charge in [-0.1, -0.05) is 54.1 Å². The molecule has 2 heteroatoms. The summed E-state index contributed by atoms with van der Waals surface area (Å²) in [5.74, 6) is 0. The molecule has 94 valence electrons. The maximum Gasteiger partial charge on any atom is 0.0685 e. The van der Waals surface area contributed by atoms with E-state index in [1.54, 1.807) is 0 Å². The SMILES string of the molecule is Cc1cccc(CNCc2ccccc2CO)c1. The average molecular weight is 241 g/mol. The van der Waals surface area contributed by atoms with Crippen molar-refractivity contribution in [2.24, 2.45) is 0 Å². The van der Waals surface area contributed by atoms with Crippen LogP contribution in [-0.4, -0.2) is 5.11 Å². The van der Waals surface area contributed by atoms with Crippen molar-refractivity contribution in [3.63, 3.8) is 0 Å². The van der Waals surface area contributed by atoms with Crippen molar-refractivity contribution in [2.45, 2.75) is 26.6 Å². The van der Waals surface area contributed by atoms with E-state index in [1.807, 2.05) is 18.2 Å². The van der Waals surface area contributed by atoms with Crippen molar-refractivity contribution in [1.82, 2.24) is 5.32 Å². The van der Waals surface area contributed by atoms with E-state index < -0.39 is 0 Å². The van der Waals surface area contributed by atoms with Crippen LogP contribution in [0.25, 0.3) is 0 Å². The van der Waals surface area contributed by atoms with Crippen LogP contribution in [0.5, 0.6) is 0 Å². The first-order valence-electron chi connectivity index (χ1n) is 6.23. The van der Waals surface area contributed by atoms with E-state index in [9.17, 15) is 5.11 Å². The molecule has 2 nitrogen and oxygen atoms in total. The fourth-order valence-electron chi connectivity index (χ4n) is 2.05. The summed E-state index contributed by atoms with van der Waals surface area (Å²) in [6.07, 6.45) is 0. The van der Waals surface area contributed by atoms with Crippen LogP contribution in [0.3, 0.4) is 0 Å². The van der Waals surface area contributed by atoms with Crippen molar-refractivity contribution in [3.8, 4) is 0 Å². The van der Waals surface area contributed by atoms with Crippen molar-refractivity contribution < 1.29 is 5.11 Å². The molecule has 0 amide bonds. The Morgan fingerprint density at radius 1 is 0.944 bits per heavy atom. The topological polar surface area (TPSA) is 32.3 Å². The molecule has 0 radical (unpaired) electrons. The second-order valence-electron chi connectivity index (χ2n) is 4.52. The molecular weight excluding hydrogens is 222 g/mol. The summed E-state index contributed by atoms with van der Waals surface area (Å²) < 4.78 is 0. The lowest BCUT2D eigenvalue weighted by atomic mass is 10.1. The second-order valence-corrected chi connectivity index (χ2v) is 4.52. The lowest BCUT2D eigenvalue weighted by Crippen LogP contribution is -2.14. The monoisotopic (exact) mass is 241 g/mol. The summed E-state index contributed by atoms with van der Waals surface area (Å²) in [5.41, 5.74) is 4.73. The predicted octanol–water partition coefficient (Wildman–Crippen LogP) is 2.78. The molecule has 0 saturated heterocycles. The molecule has 2 N–H and O–H groups in total. The summed E-state index contributed by atoms with van der Waals surface area (Å²) in [5, 5.41) is 12.7. The highest BCUT2D eigenvalue weighted by atomic mass is 16.3. The van der Waals surface area contributed by atoms with Gasteiger partial charge in [0.1, 0.15) is 0 Å². The van der Waals surface area contributed by atoms with Gasteiger partial charge in [0.15, 0.2) is 0 Å². The van der Waals surface area contributed by atoms with Gasteiger partial charge < -0.3 is 10.4 Å². The molecule has 0 heterocycles. The van der Waals surface area contributed by atoms with E-state index in [2.05, 4.69) is 42.6 Å². The summed E-state index contributed by atoms with van der Waals surface area (Å²) in [6.45, 7) is 3.83. The standard InChI is InChI=1S/C16H19NO/c1-13-5-4-6-14(9-13)10-17-11-15-7-2-3-8-16(15)12-18/h2-9,17-18H,10-12H2,1H3. The Morgan fingerprint density at radius 2 is 1.72 bits per heavy atom. The van der Waals surface area contributed by atoms with Gasteiger partial charge in [-0.25, -0.2) is 0 Å². The average Bonchev–Trinajstić information content (AvgIpc) is 2.39. The third kappa shape index (κ3) is 3.42. The van der Waals surface area contributed by atoms with Crippen LogP contribution >= 0.6 is 0 Å². The predicted molar refractivity (Wildman–Crippen MR) is 74.1 cm³/mol. The molecule has 0 bridgehead atoms. The fourth-order valence-corrected chi connectivity index (χ4v) is 2.05. The van der Waals surface area contributed by atoms with E-state index in [0.717, 1.165) is 24.2 Å². The van der Waals surface area contributed by atoms with Gasteiger partial charge in [0.05, 0.1) is 6.61 Å². The zero-order valence-electron chi connectivity index (χ0n) is 10.7. The summed E-state index contributed by atoms with van der Waals surface area (Å²) >= 11 is 0.